The number of rotatable bonds is 1. The standard InChI is InChI=1S/C12H24N2O/c1-9(2)14-8-11(3,4)7-13-12(5,6)10(14)15/h9,13H,7-8H2,1-6H3. The Morgan fingerprint density at radius 3 is 2.27 bits per heavy atom. The average Bonchev–Trinajstić information content (AvgIpc) is 2.16. The van der Waals surface area contributed by atoms with E-state index in [0.717, 1.165) is 13.1 Å². The van der Waals surface area contributed by atoms with E-state index < -0.39 is 5.54 Å². The van der Waals surface area contributed by atoms with Crippen LogP contribution >= 0.6 is 0 Å². The van der Waals surface area contributed by atoms with Gasteiger partial charge in [0.05, 0.1) is 5.54 Å². The molecule has 0 aromatic rings. The second-order valence-corrected chi connectivity index (χ2v) is 6.17. The predicted molar refractivity (Wildman–Crippen MR) is 62.7 cm³/mol. The normalized spacial score (nSPS) is 25.5. The van der Waals surface area contributed by atoms with E-state index in [0.29, 0.717) is 0 Å². The summed E-state index contributed by atoms with van der Waals surface area (Å²) >= 11 is 0. The lowest BCUT2D eigenvalue weighted by Gasteiger charge is -2.33. The number of amides is 1. The van der Waals surface area contributed by atoms with E-state index in [1.165, 1.54) is 0 Å². The van der Waals surface area contributed by atoms with Crippen LogP contribution in [0.15, 0.2) is 0 Å². The molecule has 15 heavy (non-hydrogen) atoms. The molecule has 1 heterocycles. The molecule has 0 saturated carbocycles. The first-order valence-corrected chi connectivity index (χ1v) is 5.72. The topological polar surface area (TPSA) is 32.3 Å². The zero-order valence-corrected chi connectivity index (χ0v) is 10.8. The molecule has 0 spiro atoms. The van der Waals surface area contributed by atoms with E-state index in [1.54, 1.807) is 0 Å². The first-order chi connectivity index (χ1) is 6.66. The van der Waals surface area contributed by atoms with E-state index in [9.17, 15) is 4.79 Å². The zero-order chi connectivity index (χ0) is 11.9. The van der Waals surface area contributed by atoms with E-state index in [2.05, 4.69) is 33.0 Å². The molecule has 3 heteroatoms. The van der Waals surface area contributed by atoms with Gasteiger partial charge in [0.15, 0.2) is 0 Å². The summed E-state index contributed by atoms with van der Waals surface area (Å²) < 4.78 is 0. The maximum Gasteiger partial charge on any atom is 0.242 e. The smallest absolute Gasteiger partial charge is 0.242 e. The van der Waals surface area contributed by atoms with Gasteiger partial charge >= 0.3 is 0 Å². The van der Waals surface area contributed by atoms with Crippen LogP contribution in [0.25, 0.3) is 0 Å². The largest absolute Gasteiger partial charge is 0.338 e. The van der Waals surface area contributed by atoms with Crippen molar-refractivity contribution in [3.8, 4) is 0 Å². The average molecular weight is 212 g/mol. The van der Waals surface area contributed by atoms with Crippen molar-refractivity contribution in [1.82, 2.24) is 10.2 Å². The summed E-state index contributed by atoms with van der Waals surface area (Å²) in [5, 5.41) is 3.35. The highest BCUT2D eigenvalue weighted by Crippen LogP contribution is 2.25. The van der Waals surface area contributed by atoms with Gasteiger partial charge in [-0.2, -0.15) is 0 Å². The Bertz CT molecular complexity index is 256. The minimum Gasteiger partial charge on any atom is -0.338 e. The van der Waals surface area contributed by atoms with Crippen molar-refractivity contribution in [2.24, 2.45) is 5.41 Å². The first-order valence-electron chi connectivity index (χ1n) is 5.72. The van der Waals surface area contributed by atoms with E-state index in [4.69, 9.17) is 0 Å². The van der Waals surface area contributed by atoms with Gasteiger partial charge in [-0.15, -0.1) is 0 Å². The Labute approximate surface area is 93.2 Å². The van der Waals surface area contributed by atoms with Crippen LogP contribution in [0.4, 0.5) is 0 Å². The molecule has 1 rings (SSSR count). The van der Waals surface area contributed by atoms with Gasteiger partial charge < -0.3 is 10.2 Å². The fraction of sp³-hybridized carbons (Fsp3) is 0.917. The fourth-order valence-corrected chi connectivity index (χ4v) is 1.90. The summed E-state index contributed by atoms with van der Waals surface area (Å²) in [6, 6.07) is 0.274. The number of carbonyl (C=O) groups excluding carboxylic acids is 1. The molecule has 0 aliphatic carbocycles. The lowest BCUT2D eigenvalue weighted by molar-refractivity contribution is -0.138. The lowest BCUT2D eigenvalue weighted by atomic mass is 9.93. The maximum absolute atomic E-state index is 12.3. The first kappa shape index (κ1) is 12.5. The molecule has 0 bridgehead atoms. The van der Waals surface area contributed by atoms with Crippen LogP contribution in [0, 0.1) is 5.41 Å². The van der Waals surface area contributed by atoms with Crippen molar-refractivity contribution in [3.63, 3.8) is 0 Å². The van der Waals surface area contributed by atoms with Gasteiger partial charge in [-0.1, -0.05) is 13.8 Å². The van der Waals surface area contributed by atoms with Crippen LogP contribution < -0.4 is 5.32 Å². The number of hydrogen-bond donors (Lipinski definition) is 1. The highest BCUT2D eigenvalue weighted by atomic mass is 16.2. The van der Waals surface area contributed by atoms with E-state index >= 15 is 0 Å². The molecular formula is C12H24N2O. The number of nitrogens with zero attached hydrogens (tertiary/aromatic N) is 1. The Hall–Kier alpha value is -0.570. The summed E-state index contributed by atoms with van der Waals surface area (Å²) in [5.74, 6) is 0.211. The lowest BCUT2D eigenvalue weighted by Crippen LogP contribution is -2.53. The Morgan fingerprint density at radius 2 is 1.80 bits per heavy atom. The molecule has 1 amide bonds. The number of nitrogens with one attached hydrogen (secondary N) is 1. The second kappa shape index (κ2) is 3.78. The highest BCUT2D eigenvalue weighted by Gasteiger charge is 2.39. The summed E-state index contributed by atoms with van der Waals surface area (Å²) in [7, 11) is 0. The molecule has 1 fully saturated rings. The summed E-state index contributed by atoms with van der Waals surface area (Å²) in [6.45, 7) is 14.2. The van der Waals surface area contributed by atoms with Gasteiger partial charge in [0.2, 0.25) is 5.91 Å². The molecule has 0 aromatic heterocycles. The molecule has 0 aromatic carbocycles. The summed E-state index contributed by atoms with van der Waals surface area (Å²) in [5.41, 5.74) is -0.286. The van der Waals surface area contributed by atoms with Crippen LogP contribution in [0.1, 0.15) is 41.5 Å². The van der Waals surface area contributed by atoms with Crippen LogP contribution in [0.5, 0.6) is 0 Å². The highest BCUT2D eigenvalue weighted by molar-refractivity contribution is 5.86. The molecule has 1 aliphatic rings. The van der Waals surface area contributed by atoms with Crippen molar-refractivity contribution in [2.45, 2.75) is 53.1 Å². The third kappa shape index (κ3) is 2.71. The SMILES string of the molecule is CC(C)N1CC(C)(C)CNC(C)(C)C1=O. The van der Waals surface area contributed by atoms with E-state index in [1.807, 2.05) is 18.7 Å². The van der Waals surface area contributed by atoms with Crippen LogP contribution in [-0.2, 0) is 4.79 Å². The van der Waals surface area contributed by atoms with Crippen molar-refractivity contribution >= 4 is 5.91 Å². The molecule has 0 atom stereocenters. The van der Waals surface area contributed by atoms with Gasteiger partial charge in [0.25, 0.3) is 0 Å². The molecule has 1 saturated heterocycles. The van der Waals surface area contributed by atoms with Crippen molar-refractivity contribution in [2.75, 3.05) is 13.1 Å². The minimum atomic E-state index is -0.432. The van der Waals surface area contributed by atoms with Crippen LogP contribution in [0.2, 0.25) is 0 Å². The van der Waals surface area contributed by atoms with Crippen molar-refractivity contribution < 1.29 is 4.79 Å². The Kier molecular flexibility index (Phi) is 3.15. The van der Waals surface area contributed by atoms with E-state index in [-0.39, 0.29) is 17.4 Å². The molecule has 3 nitrogen and oxygen atoms in total. The van der Waals surface area contributed by atoms with Gasteiger partial charge in [0.1, 0.15) is 0 Å². The second-order valence-electron chi connectivity index (χ2n) is 6.17. The van der Waals surface area contributed by atoms with Crippen molar-refractivity contribution in [1.29, 1.82) is 0 Å². The summed E-state index contributed by atoms with van der Waals surface area (Å²) in [4.78, 5) is 14.2. The number of carbonyl (C=O) groups is 1. The minimum absolute atomic E-state index is 0.147. The predicted octanol–water partition coefficient (Wildman–Crippen LogP) is 1.63. The molecule has 88 valence electrons. The van der Waals surface area contributed by atoms with Gasteiger partial charge in [-0.25, -0.2) is 0 Å². The quantitative estimate of drug-likeness (QED) is 0.716. The van der Waals surface area contributed by atoms with Gasteiger partial charge in [0, 0.05) is 19.1 Å². The van der Waals surface area contributed by atoms with Crippen molar-refractivity contribution in [3.05, 3.63) is 0 Å². The zero-order valence-electron chi connectivity index (χ0n) is 10.8. The van der Waals surface area contributed by atoms with Gasteiger partial charge in [-0.3, -0.25) is 4.79 Å². The third-order valence-corrected chi connectivity index (χ3v) is 3.03. The Balaban J connectivity index is 2.98. The molecular weight excluding hydrogens is 188 g/mol. The third-order valence-electron chi connectivity index (χ3n) is 3.03. The molecule has 0 radical (unpaired) electrons. The number of hydrogen-bond acceptors (Lipinski definition) is 2. The summed E-state index contributed by atoms with van der Waals surface area (Å²) in [6.07, 6.45) is 0. The maximum atomic E-state index is 12.3. The van der Waals surface area contributed by atoms with Crippen LogP contribution in [-0.4, -0.2) is 35.5 Å². The monoisotopic (exact) mass is 212 g/mol. The Morgan fingerprint density at radius 1 is 1.27 bits per heavy atom. The molecule has 0 unspecified atom stereocenters. The molecule has 1 N–H and O–H groups in total. The van der Waals surface area contributed by atoms with Gasteiger partial charge in [-0.05, 0) is 33.1 Å². The molecule has 1 aliphatic heterocycles. The van der Waals surface area contributed by atoms with Crippen LogP contribution in [0.3, 0.4) is 0 Å². The fourth-order valence-electron chi connectivity index (χ4n) is 1.90.